The molecule has 1 aliphatic heterocycles. The number of nitrogens with one attached hydrogen (secondary N) is 1. The zero-order valence-electron chi connectivity index (χ0n) is 11.4. The summed E-state index contributed by atoms with van der Waals surface area (Å²) in [7, 11) is 0. The van der Waals surface area contributed by atoms with Crippen LogP contribution in [0.1, 0.15) is 5.82 Å². The molecule has 6 heteroatoms. The number of aromatic amines is 1. The molecule has 1 aromatic heterocycles. The smallest absolute Gasteiger partial charge is 0.191 e. The van der Waals surface area contributed by atoms with Crippen molar-refractivity contribution in [2.75, 3.05) is 32.8 Å². The molecule has 6 nitrogen and oxygen atoms in total. The number of benzene rings is 1. The predicted molar refractivity (Wildman–Crippen MR) is 78.7 cm³/mol. The van der Waals surface area contributed by atoms with Gasteiger partial charge in [-0.3, -0.25) is 4.99 Å². The van der Waals surface area contributed by atoms with E-state index in [0.29, 0.717) is 12.5 Å². The number of nitrogens with zero attached hydrogens (tertiary/aromatic N) is 3. The average Bonchev–Trinajstić information content (AvgIpc) is 2.90. The third-order valence-corrected chi connectivity index (χ3v) is 3.40. The van der Waals surface area contributed by atoms with Crippen LogP contribution in [-0.2, 0) is 11.2 Å². The van der Waals surface area contributed by atoms with E-state index in [9.17, 15) is 0 Å². The summed E-state index contributed by atoms with van der Waals surface area (Å²) in [4.78, 5) is 14.3. The number of imidazole rings is 1. The number of hydrogen-bond donors (Lipinski definition) is 2. The van der Waals surface area contributed by atoms with Crippen LogP contribution >= 0.6 is 0 Å². The molecule has 20 heavy (non-hydrogen) atoms. The van der Waals surface area contributed by atoms with Crippen molar-refractivity contribution in [3.63, 3.8) is 0 Å². The zero-order chi connectivity index (χ0) is 13.8. The minimum atomic E-state index is 0.601. The Morgan fingerprint density at radius 1 is 1.35 bits per heavy atom. The summed E-state index contributed by atoms with van der Waals surface area (Å²) < 4.78 is 5.29. The molecular formula is C14H19N5O. The van der Waals surface area contributed by atoms with Gasteiger partial charge in [0.15, 0.2) is 5.96 Å². The maximum absolute atomic E-state index is 5.98. The van der Waals surface area contributed by atoms with E-state index < -0.39 is 0 Å². The molecule has 1 aliphatic rings. The van der Waals surface area contributed by atoms with E-state index in [4.69, 9.17) is 10.5 Å². The lowest BCUT2D eigenvalue weighted by Gasteiger charge is -2.27. The fourth-order valence-corrected chi connectivity index (χ4v) is 2.29. The number of hydrogen-bond acceptors (Lipinski definition) is 3. The fourth-order valence-electron chi connectivity index (χ4n) is 2.29. The second-order valence-corrected chi connectivity index (χ2v) is 4.79. The third-order valence-electron chi connectivity index (χ3n) is 3.40. The number of guanidine groups is 1. The maximum Gasteiger partial charge on any atom is 0.191 e. The van der Waals surface area contributed by atoms with Crippen molar-refractivity contribution >= 4 is 17.0 Å². The Kier molecular flexibility index (Phi) is 3.83. The van der Waals surface area contributed by atoms with Gasteiger partial charge >= 0.3 is 0 Å². The number of aliphatic imine (C=N–C) groups is 1. The van der Waals surface area contributed by atoms with Crippen molar-refractivity contribution in [3.05, 3.63) is 30.1 Å². The van der Waals surface area contributed by atoms with Crippen LogP contribution in [0.4, 0.5) is 0 Å². The summed E-state index contributed by atoms with van der Waals surface area (Å²) in [5, 5.41) is 0. The van der Waals surface area contributed by atoms with Crippen LogP contribution in [-0.4, -0.2) is 53.7 Å². The Hall–Kier alpha value is -2.08. The maximum atomic E-state index is 5.98. The molecule has 1 fully saturated rings. The minimum Gasteiger partial charge on any atom is -0.378 e. The molecule has 0 aliphatic carbocycles. The van der Waals surface area contributed by atoms with E-state index in [1.165, 1.54) is 0 Å². The van der Waals surface area contributed by atoms with Crippen LogP contribution in [0.15, 0.2) is 29.3 Å². The molecule has 2 aromatic rings. The lowest BCUT2D eigenvalue weighted by molar-refractivity contribution is 0.0674. The van der Waals surface area contributed by atoms with Gasteiger partial charge in [0.1, 0.15) is 5.82 Å². The number of morpholine rings is 1. The number of H-pyrrole nitrogens is 1. The molecule has 0 bridgehead atoms. The molecule has 106 valence electrons. The number of nitrogens with two attached hydrogens (primary N) is 1. The fraction of sp³-hybridized carbons (Fsp3) is 0.429. The highest BCUT2D eigenvalue weighted by molar-refractivity contribution is 5.78. The van der Waals surface area contributed by atoms with E-state index in [-0.39, 0.29) is 0 Å². The molecule has 0 saturated carbocycles. The van der Waals surface area contributed by atoms with E-state index in [1.54, 1.807) is 0 Å². The number of rotatable bonds is 3. The first-order chi connectivity index (χ1) is 9.83. The SMILES string of the molecule is NC(=NCCc1nc2ccccc2[nH]1)N1CCOCC1. The van der Waals surface area contributed by atoms with Crippen molar-refractivity contribution in [1.29, 1.82) is 0 Å². The molecule has 2 heterocycles. The molecule has 0 spiro atoms. The van der Waals surface area contributed by atoms with E-state index >= 15 is 0 Å². The van der Waals surface area contributed by atoms with E-state index in [0.717, 1.165) is 49.6 Å². The Morgan fingerprint density at radius 3 is 2.95 bits per heavy atom. The Balaban J connectivity index is 1.58. The highest BCUT2D eigenvalue weighted by Crippen LogP contribution is 2.10. The van der Waals surface area contributed by atoms with Gasteiger partial charge in [-0.2, -0.15) is 0 Å². The van der Waals surface area contributed by atoms with Gasteiger partial charge in [0.05, 0.1) is 24.2 Å². The largest absolute Gasteiger partial charge is 0.378 e. The van der Waals surface area contributed by atoms with Crippen LogP contribution in [0.3, 0.4) is 0 Å². The van der Waals surface area contributed by atoms with Gasteiger partial charge in [-0.1, -0.05) is 12.1 Å². The third kappa shape index (κ3) is 2.91. The van der Waals surface area contributed by atoms with Crippen molar-refractivity contribution in [2.24, 2.45) is 10.7 Å². The Morgan fingerprint density at radius 2 is 2.15 bits per heavy atom. The predicted octanol–water partition coefficient (Wildman–Crippen LogP) is 0.752. The van der Waals surface area contributed by atoms with Crippen molar-refractivity contribution < 1.29 is 4.74 Å². The highest BCUT2D eigenvalue weighted by Gasteiger charge is 2.11. The van der Waals surface area contributed by atoms with Gasteiger partial charge < -0.3 is 20.4 Å². The van der Waals surface area contributed by atoms with Crippen LogP contribution in [0.5, 0.6) is 0 Å². The standard InChI is InChI=1S/C14H19N5O/c15-14(19-7-9-20-10-8-19)16-6-5-13-17-11-3-1-2-4-12(11)18-13/h1-4H,5-10H2,(H2,15,16)(H,17,18). The topological polar surface area (TPSA) is 79.5 Å². The Bertz CT molecular complexity index is 567. The quantitative estimate of drug-likeness (QED) is 0.639. The van der Waals surface area contributed by atoms with Gasteiger partial charge in [-0.15, -0.1) is 0 Å². The van der Waals surface area contributed by atoms with Gasteiger partial charge in [0.25, 0.3) is 0 Å². The summed E-state index contributed by atoms with van der Waals surface area (Å²) in [6, 6.07) is 8.01. The molecule has 1 saturated heterocycles. The van der Waals surface area contributed by atoms with E-state index in [1.807, 2.05) is 24.3 Å². The van der Waals surface area contributed by atoms with Crippen LogP contribution in [0.2, 0.25) is 0 Å². The first kappa shape index (κ1) is 12.9. The molecule has 3 rings (SSSR count). The van der Waals surface area contributed by atoms with Gasteiger partial charge in [-0.05, 0) is 12.1 Å². The van der Waals surface area contributed by atoms with Crippen LogP contribution < -0.4 is 5.73 Å². The summed E-state index contributed by atoms with van der Waals surface area (Å²) in [6.07, 6.45) is 0.764. The summed E-state index contributed by atoms with van der Waals surface area (Å²) in [5.41, 5.74) is 8.03. The summed E-state index contributed by atoms with van der Waals surface area (Å²) in [5.74, 6) is 1.55. The normalized spacial score (nSPS) is 16.8. The number of fused-ring (bicyclic) bond motifs is 1. The van der Waals surface area contributed by atoms with Gasteiger partial charge in [0.2, 0.25) is 0 Å². The molecule has 3 N–H and O–H groups in total. The first-order valence-corrected chi connectivity index (χ1v) is 6.89. The second-order valence-electron chi connectivity index (χ2n) is 4.79. The minimum absolute atomic E-state index is 0.601. The first-order valence-electron chi connectivity index (χ1n) is 6.89. The molecule has 0 unspecified atom stereocenters. The lowest BCUT2D eigenvalue weighted by atomic mass is 10.3. The van der Waals surface area contributed by atoms with Crippen molar-refractivity contribution in [1.82, 2.24) is 14.9 Å². The average molecular weight is 273 g/mol. The molecule has 0 amide bonds. The summed E-state index contributed by atoms with van der Waals surface area (Å²) >= 11 is 0. The lowest BCUT2D eigenvalue weighted by Crippen LogP contribution is -2.44. The van der Waals surface area contributed by atoms with Crippen molar-refractivity contribution in [2.45, 2.75) is 6.42 Å². The number of ether oxygens (including phenoxy) is 1. The monoisotopic (exact) mass is 273 g/mol. The molecule has 0 atom stereocenters. The number of para-hydroxylation sites is 2. The molecular weight excluding hydrogens is 254 g/mol. The Labute approximate surface area is 117 Å². The van der Waals surface area contributed by atoms with Crippen molar-refractivity contribution in [3.8, 4) is 0 Å². The second kappa shape index (κ2) is 5.92. The number of aromatic nitrogens is 2. The summed E-state index contributed by atoms with van der Waals surface area (Å²) in [6.45, 7) is 3.72. The van der Waals surface area contributed by atoms with Gasteiger partial charge in [0, 0.05) is 26.1 Å². The van der Waals surface area contributed by atoms with Gasteiger partial charge in [-0.25, -0.2) is 4.98 Å². The van der Waals surface area contributed by atoms with Crippen LogP contribution in [0.25, 0.3) is 11.0 Å². The van der Waals surface area contributed by atoms with E-state index in [2.05, 4.69) is 19.9 Å². The molecule has 1 aromatic carbocycles. The van der Waals surface area contributed by atoms with Crippen LogP contribution in [0, 0.1) is 0 Å². The molecule has 0 radical (unpaired) electrons. The highest BCUT2D eigenvalue weighted by atomic mass is 16.5. The zero-order valence-corrected chi connectivity index (χ0v) is 11.4.